The lowest BCUT2D eigenvalue weighted by Crippen LogP contribution is -2.32. The molecule has 1 aromatic heterocycles. The molecule has 90 valence electrons. The maximum absolute atomic E-state index is 9.76. The van der Waals surface area contributed by atoms with Crippen molar-refractivity contribution in [2.45, 2.75) is 24.4 Å². The van der Waals surface area contributed by atoms with Gasteiger partial charge in [0.2, 0.25) is 0 Å². The van der Waals surface area contributed by atoms with E-state index >= 15 is 0 Å². The molecule has 4 atom stereocenters. The van der Waals surface area contributed by atoms with Crippen molar-refractivity contribution in [3.63, 3.8) is 0 Å². The van der Waals surface area contributed by atoms with Gasteiger partial charge in [-0.1, -0.05) is 6.07 Å². The number of nitrogens with zero attached hydrogens (tertiary/aromatic N) is 2. The molecule has 0 aliphatic carbocycles. The van der Waals surface area contributed by atoms with Crippen molar-refractivity contribution in [2.75, 3.05) is 6.61 Å². The van der Waals surface area contributed by atoms with Crippen molar-refractivity contribution < 1.29 is 20.1 Å². The Morgan fingerprint density at radius 1 is 1.35 bits per heavy atom. The highest BCUT2D eigenvalue weighted by atomic mass is 16.6. The summed E-state index contributed by atoms with van der Waals surface area (Å²) >= 11 is 0. The number of aliphatic hydroxyl groups excluding tert-OH is 3. The van der Waals surface area contributed by atoms with Crippen LogP contribution in [0.15, 0.2) is 18.3 Å². The van der Waals surface area contributed by atoms with Crippen molar-refractivity contribution in [1.82, 2.24) is 4.98 Å². The largest absolute Gasteiger partial charge is 0.394 e. The summed E-state index contributed by atoms with van der Waals surface area (Å²) in [5, 5.41) is 36.9. The van der Waals surface area contributed by atoms with Gasteiger partial charge in [0.1, 0.15) is 36.2 Å². The van der Waals surface area contributed by atoms with E-state index in [4.69, 9.17) is 15.1 Å². The van der Waals surface area contributed by atoms with E-state index in [9.17, 15) is 10.2 Å². The summed E-state index contributed by atoms with van der Waals surface area (Å²) in [5.74, 6) is 0. The molecule has 1 aliphatic rings. The van der Waals surface area contributed by atoms with Crippen LogP contribution in [-0.2, 0) is 4.74 Å². The SMILES string of the molecule is N#Cc1ccc(C2O[C@H](CO)[C@@H](O)[C@H]2O)cn1. The molecule has 3 N–H and O–H groups in total. The Morgan fingerprint density at radius 3 is 2.59 bits per heavy atom. The van der Waals surface area contributed by atoms with E-state index in [-0.39, 0.29) is 12.3 Å². The van der Waals surface area contributed by atoms with Crippen LogP contribution in [0, 0.1) is 11.3 Å². The number of hydrogen-bond donors (Lipinski definition) is 3. The van der Waals surface area contributed by atoms with Gasteiger partial charge in [-0.3, -0.25) is 0 Å². The second kappa shape index (κ2) is 4.77. The minimum absolute atomic E-state index is 0.264. The van der Waals surface area contributed by atoms with Gasteiger partial charge in [-0.25, -0.2) is 4.98 Å². The Labute approximate surface area is 97.7 Å². The van der Waals surface area contributed by atoms with Crippen LogP contribution in [-0.4, -0.2) is 45.2 Å². The third-order valence-corrected chi connectivity index (χ3v) is 2.77. The molecular formula is C11H12N2O4. The number of ether oxygens (including phenoxy) is 1. The molecule has 1 fully saturated rings. The first-order valence-corrected chi connectivity index (χ1v) is 5.16. The van der Waals surface area contributed by atoms with Gasteiger partial charge in [0.05, 0.1) is 6.61 Å². The lowest BCUT2D eigenvalue weighted by molar-refractivity contribution is -0.0228. The van der Waals surface area contributed by atoms with E-state index in [1.54, 1.807) is 6.07 Å². The Balaban J connectivity index is 2.20. The Bertz CT molecular complexity index is 428. The first-order chi connectivity index (χ1) is 8.17. The molecule has 0 aromatic carbocycles. The van der Waals surface area contributed by atoms with Gasteiger partial charge >= 0.3 is 0 Å². The van der Waals surface area contributed by atoms with Gasteiger partial charge in [-0.05, 0) is 6.07 Å². The molecule has 0 amide bonds. The van der Waals surface area contributed by atoms with Crippen LogP contribution in [0.2, 0.25) is 0 Å². The zero-order valence-corrected chi connectivity index (χ0v) is 8.89. The second-order valence-electron chi connectivity index (χ2n) is 3.85. The zero-order valence-electron chi connectivity index (χ0n) is 8.89. The van der Waals surface area contributed by atoms with E-state index in [1.807, 2.05) is 6.07 Å². The second-order valence-corrected chi connectivity index (χ2v) is 3.85. The number of nitriles is 1. The summed E-state index contributed by atoms with van der Waals surface area (Å²) in [5.41, 5.74) is 0.826. The summed E-state index contributed by atoms with van der Waals surface area (Å²) in [6, 6.07) is 4.99. The average Bonchev–Trinajstić information content (AvgIpc) is 2.66. The minimum atomic E-state index is -1.12. The van der Waals surface area contributed by atoms with E-state index in [0.717, 1.165) is 0 Å². The maximum Gasteiger partial charge on any atom is 0.140 e. The molecule has 6 heteroatoms. The number of rotatable bonds is 2. The topological polar surface area (TPSA) is 107 Å². The molecule has 0 bridgehead atoms. The number of pyridine rings is 1. The van der Waals surface area contributed by atoms with Crippen molar-refractivity contribution in [1.29, 1.82) is 5.26 Å². The Kier molecular flexibility index (Phi) is 3.36. The highest BCUT2D eigenvalue weighted by Gasteiger charge is 2.43. The van der Waals surface area contributed by atoms with Crippen LogP contribution < -0.4 is 0 Å². The smallest absolute Gasteiger partial charge is 0.140 e. The standard InChI is InChI=1S/C11H12N2O4/c12-3-7-2-1-6(4-13-7)11-10(16)9(15)8(5-14)17-11/h1-2,4,8-11,14-16H,5H2/t8-,9-,10-,11?/m1/s1. The lowest BCUT2D eigenvalue weighted by Gasteiger charge is -2.14. The number of aromatic nitrogens is 1. The van der Waals surface area contributed by atoms with Gasteiger partial charge in [0.15, 0.2) is 0 Å². The van der Waals surface area contributed by atoms with Crippen molar-refractivity contribution in [3.8, 4) is 6.07 Å². The van der Waals surface area contributed by atoms with Crippen LogP contribution in [0.25, 0.3) is 0 Å². The first kappa shape index (κ1) is 12.0. The van der Waals surface area contributed by atoms with E-state index in [1.165, 1.54) is 12.3 Å². The molecule has 6 nitrogen and oxygen atoms in total. The summed E-state index contributed by atoms with van der Waals surface area (Å²) in [6.45, 7) is -0.363. The highest BCUT2D eigenvalue weighted by molar-refractivity contribution is 5.25. The molecule has 0 saturated carbocycles. The molecule has 1 aliphatic heterocycles. The minimum Gasteiger partial charge on any atom is -0.394 e. The average molecular weight is 236 g/mol. The lowest BCUT2D eigenvalue weighted by atomic mass is 10.0. The van der Waals surface area contributed by atoms with Crippen LogP contribution >= 0.6 is 0 Å². The van der Waals surface area contributed by atoms with Crippen LogP contribution in [0.5, 0.6) is 0 Å². The third-order valence-electron chi connectivity index (χ3n) is 2.77. The van der Waals surface area contributed by atoms with Gasteiger partial charge in [-0.2, -0.15) is 5.26 Å². The van der Waals surface area contributed by atoms with Crippen LogP contribution in [0.1, 0.15) is 17.4 Å². The third kappa shape index (κ3) is 2.14. The molecular weight excluding hydrogens is 224 g/mol. The first-order valence-electron chi connectivity index (χ1n) is 5.16. The fourth-order valence-electron chi connectivity index (χ4n) is 1.81. The predicted molar refractivity (Wildman–Crippen MR) is 55.7 cm³/mol. The monoisotopic (exact) mass is 236 g/mol. The van der Waals surface area contributed by atoms with Crippen LogP contribution in [0.4, 0.5) is 0 Å². The Morgan fingerprint density at radius 2 is 2.12 bits per heavy atom. The van der Waals surface area contributed by atoms with Crippen LogP contribution in [0.3, 0.4) is 0 Å². The maximum atomic E-state index is 9.76. The molecule has 1 unspecified atom stereocenters. The van der Waals surface area contributed by atoms with Crippen molar-refractivity contribution in [3.05, 3.63) is 29.6 Å². The quantitative estimate of drug-likeness (QED) is 0.614. The molecule has 1 aromatic rings. The highest BCUT2D eigenvalue weighted by Crippen LogP contribution is 2.32. The molecule has 17 heavy (non-hydrogen) atoms. The van der Waals surface area contributed by atoms with Gasteiger partial charge < -0.3 is 20.1 Å². The Hall–Kier alpha value is -1.52. The molecule has 2 rings (SSSR count). The van der Waals surface area contributed by atoms with Crippen molar-refractivity contribution >= 4 is 0 Å². The van der Waals surface area contributed by atoms with Gasteiger partial charge in [0.25, 0.3) is 0 Å². The number of hydrogen-bond acceptors (Lipinski definition) is 6. The van der Waals surface area contributed by atoms with E-state index < -0.39 is 24.4 Å². The predicted octanol–water partition coefficient (Wildman–Crippen LogP) is -0.893. The summed E-state index contributed by atoms with van der Waals surface area (Å²) in [6.07, 6.45) is -2.35. The number of aliphatic hydroxyl groups is 3. The summed E-state index contributed by atoms with van der Waals surface area (Å²) < 4.78 is 5.32. The molecule has 0 radical (unpaired) electrons. The molecule has 2 heterocycles. The van der Waals surface area contributed by atoms with Gasteiger partial charge in [-0.15, -0.1) is 0 Å². The van der Waals surface area contributed by atoms with E-state index in [2.05, 4.69) is 4.98 Å². The molecule has 1 saturated heterocycles. The zero-order chi connectivity index (χ0) is 12.4. The van der Waals surface area contributed by atoms with Crippen molar-refractivity contribution in [2.24, 2.45) is 0 Å². The van der Waals surface area contributed by atoms with E-state index in [0.29, 0.717) is 5.56 Å². The molecule has 0 spiro atoms. The van der Waals surface area contributed by atoms with Gasteiger partial charge in [0, 0.05) is 11.8 Å². The normalized spacial score (nSPS) is 32.4. The summed E-state index contributed by atoms with van der Waals surface area (Å²) in [4.78, 5) is 3.86. The fourth-order valence-corrected chi connectivity index (χ4v) is 1.81. The fraction of sp³-hybridized carbons (Fsp3) is 0.455. The summed E-state index contributed by atoms with van der Waals surface area (Å²) in [7, 11) is 0.